The Morgan fingerprint density at radius 2 is 2.23 bits per heavy atom. The van der Waals surface area contributed by atoms with Gasteiger partial charge in [-0.05, 0) is 18.2 Å². The largest absolute Gasteiger partial charge is 0.465 e. The quantitative estimate of drug-likeness (QED) is 0.323. The molecule has 22 heavy (non-hydrogen) atoms. The van der Waals surface area contributed by atoms with Crippen molar-refractivity contribution >= 4 is 30.9 Å². The van der Waals surface area contributed by atoms with Gasteiger partial charge in [-0.2, -0.15) is 0 Å². The molecular formula is C14H20BN3O4. The number of carbonyl (C=O) groups is 2. The van der Waals surface area contributed by atoms with E-state index < -0.39 is 5.97 Å². The fraction of sp³-hybridized carbons (Fsp3) is 0.429. The maximum absolute atomic E-state index is 11.6. The van der Waals surface area contributed by atoms with Crippen LogP contribution in [0.15, 0.2) is 18.2 Å². The monoisotopic (exact) mass is 305 g/mol. The van der Waals surface area contributed by atoms with Gasteiger partial charge in [-0.3, -0.25) is 0 Å². The number of ether oxygens (including phenoxy) is 2. The number of nitrogens with zero attached hydrogens (tertiary/aromatic N) is 1. The number of benzene rings is 1. The molecule has 0 unspecified atom stereocenters. The van der Waals surface area contributed by atoms with Crippen LogP contribution in [0.5, 0.6) is 0 Å². The maximum Gasteiger partial charge on any atom is 0.337 e. The molecule has 1 heterocycles. The Bertz CT molecular complexity index is 555. The first-order valence-corrected chi connectivity index (χ1v) is 7.02. The van der Waals surface area contributed by atoms with Crippen LogP contribution < -0.4 is 11.1 Å². The summed E-state index contributed by atoms with van der Waals surface area (Å²) in [6, 6.07) is 4.93. The number of hydrogen-bond donors (Lipinski definition) is 2. The Hall–Kier alpha value is -2.06. The van der Waals surface area contributed by atoms with Crippen LogP contribution in [0.3, 0.4) is 0 Å². The second-order valence-electron chi connectivity index (χ2n) is 5.20. The predicted octanol–water partition coefficient (Wildman–Crippen LogP) is -0.292. The van der Waals surface area contributed by atoms with Crippen molar-refractivity contribution in [3.63, 3.8) is 0 Å². The summed E-state index contributed by atoms with van der Waals surface area (Å²) in [5, 5.41) is 3.30. The molecule has 3 N–H and O–H groups in total. The van der Waals surface area contributed by atoms with Crippen molar-refractivity contribution < 1.29 is 19.1 Å². The lowest BCUT2D eigenvalue weighted by Gasteiger charge is -2.21. The van der Waals surface area contributed by atoms with Crippen molar-refractivity contribution in [3.8, 4) is 0 Å². The summed E-state index contributed by atoms with van der Waals surface area (Å²) in [7, 11) is 3.34. The minimum absolute atomic E-state index is 0.0138. The lowest BCUT2D eigenvalue weighted by molar-refractivity contribution is 0.0601. The SMILES string of the molecule is COC(=O)c1ccc(N)c(N[C@@H]2CN(BC=O)C[C@@H]2OC)c1. The fourth-order valence-corrected chi connectivity index (χ4v) is 2.61. The van der Waals surface area contributed by atoms with Gasteiger partial charge >= 0.3 is 5.97 Å². The van der Waals surface area contributed by atoms with E-state index in [-0.39, 0.29) is 12.1 Å². The first-order chi connectivity index (χ1) is 10.6. The molecule has 1 aliphatic heterocycles. The van der Waals surface area contributed by atoms with E-state index >= 15 is 0 Å². The van der Waals surface area contributed by atoms with Gasteiger partial charge in [0.15, 0.2) is 0 Å². The van der Waals surface area contributed by atoms with Crippen molar-refractivity contribution in [3.05, 3.63) is 23.8 Å². The molecule has 0 bridgehead atoms. The van der Waals surface area contributed by atoms with E-state index in [1.807, 2.05) is 4.81 Å². The average Bonchev–Trinajstić information content (AvgIpc) is 2.90. The first-order valence-electron chi connectivity index (χ1n) is 7.02. The van der Waals surface area contributed by atoms with Crippen molar-refractivity contribution in [1.82, 2.24) is 4.81 Å². The van der Waals surface area contributed by atoms with Crippen LogP contribution >= 0.6 is 0 Å². The highest BCUT2D eigenvalue weighted by molar-refractivity contribution is 6.64. The number of methoxy groups -OCH3 is 2. The topological polar surface area (TPSA) is 93.9 Å². The summed E-state index contributed by atoms with van der Waals surface area (Å²) in [6.07, 6.45) is 0.822. The van der Waals surface area contributed by atoms with E-state index in [1.165, 1.54) is 7.11 Å². The molecule has 0 spiro atoms. The molecule has 2 rings (SSSR count). The molecule has 118 valence electrons. The van der Waals surface area contributed by atoms with Crippen molar-refractivity contribution in [1.29, 1.82) is 0 Å². The van der Waals surface area contributed by atoms with Gasteiger partial charge in [0.1, 0.15) is 0 Å². The molecule has 1 aromatic carbocycles. The molecule has 1 fully saturated rings. The Labute approximate surface area is 130 Å². The third kappa shape index (κ3) is 3.58. The van der Waals surface area contributed by atoms with Crippen molar-refractivity contribution in [2.75, 3.05) is 38.4 Å². The van der Waals surface area contributed by atoms with Gasteiger partial charge in [-0.25, -0.2) is 4.79 Å². The Balaban J connectivity index is 2.15. The predicted molar refractivity (Wildman–Crippen MR) is 85.9 cm³/mol. The second kappa shape index (κ2) is 7.28. The molecule has 0 aromatic heterocycles. The zero-order valence-corrected chi connectivity index (χ0v) is 12.7. The molecule has 0 aliphatic carbocycles. The first kappa shape index (κ1) is 16.3. The molecule has 1 aromatic rings. The molecule has 0 radical (unpaired) electrons. The van der Waals surface area contributed by atoms with Gasteiger partial charge in [-0.1, -0.05) is 0 Å². The maximum atomic E-state index is 11.6. The van der Waals surface area contributed by atoms with E-state index in [4.69, 9.17) is 15.2 Å². The minimum Gasteiger partial charge on any atom is -0.465 e. The summed E-state index contributed by atoms with van der Waals surface area (Å²) in [5.41, 5.74) is 7.58. The molecule has 8 heteroatoms. The number of nitrogen functional groups attached to an aromatic ring is 1. The molecule has 2 atom stereocenters. The van der Waals surface area contributed by atoms with Crippen LogP contribution in [0.2, 0.25) is 0 Å². The fourth-order valence-electron chi connectivity index (χ4n) is 2.61. The van der Waals surface area contributed by atoms with E-state index in [0.29, 0.717) is 37.4 Å². The summed E-state index contributed by atoms with van der Waals surface area (Å²) >= 11 is 0. The number of hydrogen-bond acceptors (Lipinski definition) is 7. The van der Waals surface area contributed by atoms with E-state index in [9.17, 15) is 9.59 Å². The van der Waals surface area contributed by atoms with Crippen LogP contribution in [0.1, 0.15) is 10.4 Å². The van der Waals surface area contributed by atoms with Crippen LogP contribution in [-0.2, 0) is 14.3 Å². The van der Waals surface area contributed by atoms with Gasteiger partial charge < -0.3 is 30.1 Å². The summed E-state index contributed by atoms with van der Waals surface area (Å²) in [4.78, 5) is 24.3. The smallest absolute Gasteiger partial charge is 0.337 e. The Kier molecular flexibility index (Phi) is 5.40. The third-order valence-corrected chi connectivity index (χ3v) is 3.79. The van der Waals surface area contributed by atoms with Crippen LogP contribution in [0, 0.1) is 0 Å². The summed E-state index contributed by atoms with van der Waals surface area (Å²) < 4.78 is 10.2. The highest BCUT2D eigenvalue weighted by atomic mass is 16.5. The van der Waals surface area contributed by atoms with Crippen molar-refractivity contribution in [2.24, 2.45) is 0 Å². The molecule has 1 saturated heterocycles. The summed E-state index contributed by atoms with van der Waals surface area (Å²) in [5.74, 6) is -0.416. The molecule has 0 amide bonds. The molecule has 7 nitrogen and oxygen atoms in total. The standard InChI is InChI=1S/C14H20BN3O4/c1-21-13-7-18(15-8-19)6-12(13)17-11-5-9(14(20)22-2)3-4-10(11)16/h3-5,8,12-13,15,17H,6-7,16H2,1-2H3/t12-,13+/m1/s1. The number of rotatable bonds is 6. The molecular weight excluding hydrogens is 285 g/mol. The Morgan fingerprint density at radius 1 is 1.45 bits per heavy atom. The summed E-state index contributed by atoms with van der Waals surface area (Å²) in [6.45, 7) is 1.34. The van der Waals surface area contributed by atoms with Gasteiger partial charge in [-0.15, -0.1) is 0 Å². The Morgan fingerprint density at radius 3 is 2.86 bits per heavy atom. The van der Waals surface area contributed by atoms with Gasteiger partial charge in [0.2, 0.25) is 0 Å². The van der Waals surface area contributed by atoms with Gasteiger partial charge in [0.25, 0.3) is 7.41 Å². The van der Waals surface area contributed by atoms with E-state index in [2.05, 4.69) is 5.32 Å². The van der Waals surface area contributed by atoms with Crippen LogP contribution in [0.4, 0.5) is 11.4 Å². The zero-order valence-electron chi connectivity index (χ0n) is 12.7. The van der Waals surface area contributed by atoms with Crippen LogP contribution in [-0.4, -0.2) is 63.8 Å². The number of esters is 1. The number of carbonyl (C=O) groups excluding carboxylic acids is 2. The average molecular weight is 305 g/mol. The lowest BCUT2D eigenvalue weighted by atomic mass is 9.96. The van der Waals surface area contributed by atoms with Crippen molar-refractivity contribution in [2.45, 2.75) is 12.1 Å². The normalized spacial score (nSPS) is 21.4. The number of nitrogens with two attached hydrogens (primary N) is 1. The lowest BCUT2D eigenvalue weighted by Crippen LogP contribution is -2.34. The number of nitrogens with one attached hydrogen (secondary N) is 1. The minimum atomic E-state index is -0.416. The van der Waals surface area contributed by atoms with E-state index in [0.717, 1.165) is 6.19 Å². The zero-order chi connectivity index (χ0) is 16.1. The highest BCUT2D eigenvalue weighted by Crippen LogP contribution is 2.24. The number of anilines is 2. The molecule has 0 saturated carbocycles. The second-order valence-corrected chi connectivity index (χ2v) is 5.20. The molecule has 1 aliphatic rings. The third-order valence-electron chi connectivity index (χ3n) is 3.79. The van der Waals surface area contributed by atoms with E-state index in [1.54, 1.807) is 25.3 Å². The van der Waals surface area contributed by atoms with Crippen LogP contribution in [0.25, 0.3) is 0 Å². The van der Waals surface area contributed by atoms with Gasteiger partial charge in [0.05, 0.1) is 42.4 Å². The highest BCUT2D eigenvalue weighted by Gasteiger charge is 2.33. The van der Waals surface area contributed by atoms with Gasteiger partial charge in [0, 0.05) is 20.2 Å².